The number of aliphatic hydroxyl groups excluding tert-OH is 1. The fourth-order valence-corrected chi connectivity index (χ4v) is 2.59. The van der Waals surface area contributed by atoms with Crippen molar-refractivity contribution in [3.05, 3.63) is 0 Å². The molecule has 1 rings (SSSR count). The lowest BCUT2D eigenvalue weighted by molar-refractivity contribution is -0.143. The normalized spacial score (nSPS) is 24.8. The molecule has 0 saturated carbocycles. The second-order valence-electron chi connectivity index (χ2n) is 5.07. The molecular formula is C13H26N2O2. The van der Waals surface area contributed by atoms with E-state index in [0.717, 1.165) is 32.4 Å². The topological polar surface area (TPSA) is 52.6 Å². The second kappa shape index (κ2) is 6.36. The number of carbonyl (C=O) groups is 1. The molecule has 0 bridgehead atoms. The van der Waals surface area contributed by atoms with E-state index in [4.69, 9.17) is 5.11 Å². The Morgan fingerprint density at radius 3 is 2.76 bits per heavy atom. The van der Waals surface area contributed by atoms with Crippen molar-refractivity contribution in [1.29, 1.82) is 0 Å². The van der Waals surface area contributed by atoms with Gasteiger partial charge in [0, 0.05) is 18.7 Å². The van der Waals surface area contributed by atoms with Crippen molar-refractivity contribution in [2.75, 3.05) is 19.7 Å². The Morgan fingerprint density at radius 1 is 1.53 bits per heavy atom. The van der Waals surface area contributed by atoms with Gasteiger partial charge < -0.3 is 15.3 Å². The standard InChI is InChI=1S/C13H26N2O2/c1-4-13(3,8-10-16)15-9-6-7-11(12(15)17)14-5-2/h11,14,16H,4-10H2,1-3H3. The molecule has 0 aromatic carbocycles. The highest BCUT2D eigenvalue weighted by Crippen LogP contribution is 2.27. The molecule has 4 heteroatoms. The van der Waals surface area contributed by atoms with E-state index in [9.17, 15) is 4.79 Å². The molecule has 0 aromatic heterocycles. The van der Waals surface area contributed by atoms with Crippen LogP contribution in [0.5, 0.6) is 0 Å². The van der Waals surface area contributed by atoms with Gasteiger partial charge in [-0.3, -0.25) is 4.79 Å². The van der Waals surface area contributed by atoms with Gasteiger partial charge in [0.15, 0.2) is 0 Å². The van der Waals surface area contributed by atoms with Gasteiger partial charge in [0.1, 0.15) is 0 Å². The van der Waals surface area contributed by atoms with Crippen LogP contribution < -0.4 is 5.32 Å². The molecule has 2 N–H and O–H groups in total. The Hall–Kier alpha value is -0.610. The molecule has 1 fully saturated rings. The van der Waals surface area contributed by atoms with E-state index in [-0.39, 0.29) is 24.1 Å². The van der Waals surface area contributed by atoms with Crippen molar-refractivity contribution in [1.82, 2.24) is 10.2 Å². The first kappa shape index (κ1) is 14.5. The van der Waals surface area contributed by atoms with E-state index in [1.807, 2.05) is 11.8 Å². The maximum absolute atomic E-state index is 12.4. The molecule has 2 atom stereocenters. The fourth-order valence-electron chi connectivity index (χ4n) is 2.59. The van der Waals surface area contributed by atoms with Crippen LogP contribution in [0.3, 0.4) is 0 Å². The number of likely N-dealkylation sites (N-methyl/N-ethyl adjacent to an activating group) is 1. The van der Waals surface area contributed by atoms with E-state index in [2.05, 4.69) is 19.2 Å². The van der Waals surface area contributed by atoms with Crippen LogP contribution in [0.4, 0.5) is 0 Å². The summed E-state index contributed by atoms with van der Waals surface area (Å²) in [6, 6.07) is -0.0293. The maximum atomic E-state index is 12.4. The average Bonchev–Trinajstić information content (AvgIpc) is 2.32. The number of likely N-dealkylation sites (tertiary alicyclic amines) is 1. The highest BCUT2D eigenvalue weighted by molar-refractivity contribution is 5.83. The molecule has 1 aliphatic heterocycles. The Bertz CT molecular complexity index is 256. The predicted molar refractivity (Wildman–Crippen MR) is 68.8 cm³/mol. The minimum Gasteiger partial charge on any atom is -0.396 e. The van der Waals surface area contributed by atoms with Gasteiger partial charge in [-0.1, -0.05) is 13.8 Å². The van der Waals surface area contributed by atoms with Crippen LogP contribution >= 0.6 is 0 Å². The summed E-state index contributed by atoms with van der Waals surface area (Å²) in [7, 11) is 0. The number of hydrogen-bond acceptors (Lipinski definition) is 3. The number of rotatable bonds is 6. The van der Waals surface area contributed by atoms with Crippen molar-refractivity contribution in [3.63, 3.8) is 0 Å². The van der Waals surface area contributed by atoms with Gasteiger partial charge in [-0.2, -0.15) is 0 Å². The van der Waals surface area contributed by atoms with Crippen LogP contribution in [-0.4, -0.2) is 47.2 Å². The van der Waals surface area contributed by atoms with Crippen molar-refractivity contribution in [3.8, 4) is 0 Å². The second-order valence-corrected chi connectivity index (χ2v) is 5.07. The third-order valence-electron chi connectivity index (χ3n) is 3.95. The van der Waals surface area contributed by atoms with Crippen LogP contribution in [0.2, 0.25) is 0 Å². The zero-order valence-electron chi connectivity index (χ0n) is 11.3. The Kier molecular flexibility index (Phi) is 5.40. The largest absolute Gasteiger partial charge is 0.396 e. The van der Waals surface area contributed by atoms with E-state index in [1.54, 1.807) is 0 Å². The number of carbonyl (C=O) groups excluding carboxylic acids is 1. The number of nitrogens with one attached hydrogen (secondary N) is 1. The van der Waals surface area contributed by atoms with Gasteiger partial charge in [0.25, 0.3) is 0 Å². The van der Waals surface area contributed by atoms with Crippen molar-refractivity contribution >= 4 is 5.91 Å². The van der Waals surface area contributed by atoms with Crippen molar-refractivity contribution in [2.24, 2.45) is 0 Å². The Labute approximate surface area is 104 Å². The number of hydrogen-bond donors (Lipinski definition) is 2. The molecule has 2 unspecified atom stereocenters. The summed E-state index contributed by atoms with van der Waals surface area (Å²) in [6.07, 6.45) is 3.53. The molecule has 0 aromatic rings. The van der Waals surface area contributed by atoms with Crippen LogP contribution in [0.15, 0.2) is 0 Å². The van der Waals surface area contributed by atoms with Gasteiger partial charge in [-0.25, -0.2) is 0 Å². The van der Waals surface area contributed by atoms with Gasteiger partial charge >= 0.3 is 0 Å². The minimum atomic E-state index is -0.195. The molecule has 0 spiro atoms. The molecule has 1 amide bonds. The minimum absolute atomic E-state index is 0.0293. The first-order chi connectivity index (χ1) is 8.09. The van der Waals surface area contributed by atoms with Crippen molar-refractivity contribution in [2.45, 2.75) is 58.0 Å². The van der Waals surface area contributed by atoms with Crippen molar-refractivity contribution < 1.29 is 9.90 Å². The lowest BCUT2D eigenvalue weighted by atomic mass is 9.89. The quantitative estimate of drug-likeness (QED) is 0.734. The zero-order valence-corrected chi connectivity index (χ0v) is 11.3. The zero-order chi connectivity index (χ0) is 12.9. The third kappa shape index (κ3) is 3.19. The highest BCUT2D eigenvalue weighted by atomic mass is 16.3. The number of aliphatic hydroxyl groups is 1. The summed E-state index contributed by atoms with van der Waals surface area (Å²) < 4.78 is 0. The average molecular weight is 242 g/mol. The van der Waals surface area contributed by atoms with E-state index in [1.165, 1.54) is 0 Å². The molecule has 0 aliphatic carbocycles. The van der Waals surface area contributed by atoms with E-state index >= 15 is 0 Å². The van der Waals surface area contributed by atoms with E-state index in [0.29, 0.717) is 6.42 Å². The first-order valence-corrected chi connectivity index (χ1v) is 6.74. The van der Waals surface area contributed by atoms with Gasteiger partial charge in [0.2, 0.25) is 5.91 Å². The molecule has 1 heterocycles. The molecule has 1 saturated heterocycles. The number of nitrogens with zero attached hydrogens (tertiary/aromatic N) is 1. The molecular weight excluding hydrogens is 216 g/mol. The lowest BCUT2D eigenvalue weighted by Gasteiger charge is -2.45. The van der Waals surface area contributed by atoms with Crippen LogP contribution in [0.25, 0.3) is 0 Å². The molecule has 4 nitrogen and oxygen atoms in total. The van der Waals surface area contributed by atoms with Crippen LogP contribution in [0.1, 0.15) is 46.5 Å². The third-order valence-corrected chi connectivity index (χ3v) is 3.95. The first-order valence-electron chi connectivity index (χ1n) is 6.74. The summed E-state index contributed by atoms with van der Waals surface area (Å²) in [4.78, 5) is 14.3. The monoisotopic (exact) mass is 242 g/mol. The smallest absolute Gasteiger partial charge is 0.240 e. The number of amides is 1. The number of piperidine rings is 1. The van der Waals surface area contributed by atoms with Crippen LogP contribution in [0, 0.1) is 0 Å². The SMILES string of the molecule is CCNC1CCCN(C(C)(CC)CCO)C1=O. The van der Waals surface area contributed by atoms with E-state index < -0.39 is 0 Å². The van der Waals surface area contributed by atoms with Crippen LogP contribution in [-0.2, 0) is 4.79 Å². The van der Waals surface area contributed by atoms with Gasteiger partial charge in [-0.15, -0.1) is 0 Å². The predicted octanol–water partition coefficient (Wildman–Crippen LogP) is 1.14. The summed E-state index contributed by atoms with van der Waals surface area (Å²) in [5.41, 5.74) is -0.195. The summed E-state index contributed by atoms with van der Waals surface area (Å²) in [5, 5.41) is 12.4. The molecule has 1 aliphatic rings. The highest BCUT2D eigenvalue weighted by Gasteiger charge is 2.38. The van der Waals surface area contributed by atoms with Gasteiger partial charge in [0.05, 0.1) is 6.04 Å². The van der Waals surface area contributed by atoms with Gasteiger partial charge in [-0.05, 0) is 39.2 Å². The molecule has 0 radical (unpaired) electrons. The summed E-state index contributed by atoms with van der Waals surface area (Å²) >= 11 is 0. The Balaban J connectivity index is 2.77. The summed E-state index contributed by atoms with van der Waals surface area (Å²) in [6.45, 7) is 7.98. The summed E-state index contributed by atoms with van der Waals surface area (Å²) in [5.74, 6) is 0.205. The Morgan fingerprint density at radius 2 is 2.24 bits per heavy atom. The maximum Gasteiger partial charge on any atom is 0.240 e. The molecule has 17 heavy (non-hydrogen) atoms. The lowest BCUT2D eigenvalue weighted by Crippen LogP contribution is -2.59. The fraction of sp³-hybridized carbons (Fsp3) is 0.923. The molecule has 100 valence electrons.